The van der Waals surface area contributed by atoms with Gasteiger partial charge in [-0.1, -0.05) is 6.07 Å². The van der Waals surface area contributed by atoms with E-state index in [1.54, 1.807) is 13.0 Å². The van der Waals surface area contributed by atoms with Crippen LogP contribution < -0.4 is 4.74 Å². The second-order valence-electron chi connectivity index (χ2n) is 3.95. The predicted octanol–water partition coefficient (Wildman–Crippen LogP) is 2.79. The summed E-state index contributed by atoms with van der Waals surface area (Å²) in [5.41, 5.74) is 0.378. The summed E-state index contributed by atoms with van der Waals surface area (Å²) in [6.45, 7) is 1.59. The Morgan fingerprint density at radius 2 is 2.15 bits per heavy atom. The van der Waals surface area contributed by atoms with E-state index < -0.39 is 10.9 Å². The van der Waals surface area contributed by atoms with Crippen molar-refractivity contribution in [1.82, 2.24) is 4.98 Å². The van der Waals surface area contributed by atoms with Crippen LogP contribution in [0.1, 0.15) is 15.9 Å². The summed E-state index contributed by atoms with van der Waals surface area (Å²) >= 11 is 0. The summed E-state index contributed by atoms with van der Waals surface area (Å²) in [6, 6.07) is 6.97. The minimum Gasteiger partial charge on any atom is -0.478 e. The average molecular weight is 274 g/mol. The Kier molecular flexibility index (Phi) is 3.60. The van der Waals surface area contributed by atoms with Crippen molar-refractivity contribution in [1.29, 1.82) is 0 Å². The van der Waals surface area contributed by atoms with Gasteiger partial charge < -0.3 is 9.84 Å². The molecular weight excluding hydrogens is 264 g/mol. The lowest BCUT2D eigenvalue weighted by molar-refractivity contribution is -0.385. The Morgan fingerprint density at radius 3 is 2.80 bits per heavy atom. The van der Waals surface area contributed by atoms with Crippen molar-refractivity contribution < 1.29 is 19.6 Å². The van der Waals surface area contributed by atoms with Gasteiger partial charge in [-0.2, -0.15) is 0 Å². The van der Waals surface area contributed by atoms with Gasteiger partial charge in [0.1, 0.15) is 5.75 Å². The van der Waals surface area contributed by atoms with Crippen molar-refractivity contribution in [2.75, 3.05) is 0 Å². The number of hydrogen-bond acceptors (Lipinski definition) is 5. The molecule has 0 aliphatic heterocycles. The molecule has 0 unspecified atom stereocenters. The van der Waals surface area contributed by atoms with Crippen molar-refractivity contribution in [3.05, 3.63) is 57.8 Å². The van der Waals surface area contributed by atoms with E-state index in [2.05, 4.69) is 4.98 Å². The molecule has 102 valence electrons. The molecule has 2 aromatic rings. The third-order valence-electron chi connectivity index (χ3n) is 2.66. The normalized spacial score (nSPS) is 10.1. The highest BCUT2D eigenvalue weighted by Crippen LogP contribution is 2.27. The van der Waals surface area contributed by atoms with Gasteiger partial charge in [-0.15, -0.1) is 0 Å². The van der Waals surface area contributed by atoms with E-state index in [1.807, 2.05) is 0 Å². The fourth-order valence-corrected chi connectivity index (χ4v) is 1.64. The first-order valence-electron chi connectivity index (χ1n) is 5.60. The highest BCUT2D eigenvalue weighted by molar-refractivity contribution is 5.90. The number of pyridine rings is 1. The number of rotatable bonds is 4. The minimum absolute atomic E-state index is 0.0323. The Bertz CT molecular complexity index is 684. The van der Waals surface area contributed by atoms with Crippen LogP contribution in [0.15, 0.2) is 36.5 Å². The number of hydrogen-bond donors (Lipinski definition) is 1. The number of benzene rings is 1. The number of carbonyl (C=O) groups is 1. The molecule has 1 N–H and O–H groups in total. The maximum absolute atomic E-state index is 11.0. The lowest BCUT2D eigenvalue weighted by atomic mass is 10.1. The molecule has 0 aliphatic carbocycles. The summed E-state index contributed by atoms with van der Waals surface area (Å²) in [5.74, 6) is -0.748. The summed E-state index contributed by atoms with van der Waals surface area (Å²) in [7, 11) is 0. The Labute approximate surface area is 113 Å². The van der Waals surface area contributed by atoms with Crippen molar-refractivity contribution in [3.63, 3.8) is 0 Å². The monoisotopic (exact) mass is 274 g/mol. The maximum atomic E-state index is 11.0. The highest BCUT2D eigenvalue weighted by Gasteiger charge is 2.13. The van der Waals surface area contributed by atoms with Crippen LogP contribution in [0.5, 0.6) is 11.6 Å². The Balaban J connectivity index is 2.35. The highest BCUT2D eigenvalue weighted by atomic mass is 16.6. The fourth-order valence-electron chi connectivity index (χ4n) is 1.64. The number of nitrogens with zero attached hydrogens (tertiary/aromatic N) is 2. The number of carboxylic acids is 1. The molecule has 0 radical (unpaired) electrons. The molecular formula is C13H10N2O5. The van der Waals surface area contributed by atoms with Gasteiger partial charge in [-0.3, -0.25) is 10.1 Å². The number of aromatic carboxylic acids is 1. The van der Waals surface area contributed by atoms with Crippen LogP contribution in [-0.4, -0.2) is 21.0 Å². The molecule has 0 saturated heterocycles. The Morgan fingerprint density at radius 1 is 1.40 bits per heavy atom. The largest absolute Gasteiger partial charge is 0.478 e. The number of nitro groups is 1. The van der Waals surface area contributed by atoms with Crippen LogP contribution in [0.25, 0.3) is 0 Å². The molecule has 7 heteroatoms. The van der Waals surface area contributed by atoms with Crippen molar-refractivity contribution in [2.24, 2.45) is 0 Å². The minimum atomic E-state index is -1.07. The van der Waals surface area contributed by atoms with Gasteiger partial charge in [0, 0.05) is 17.8 Å². The average Bonchev–Trinajstić information content (AvgIpc) is 2.41. The van der Waals surface area contributed by atoms with E-state index in [9.17, 15) is 14.9 Å². The molecule has 1 aromatic carbocycles. The summed E-state index contributed by atoms with van der Waals surface area (Å²) < 4.78 is 5.41. The summed E-state index contributed by atoms with van der Waals surface area (Å²) in [6.07, 6.45) is 1.25. The number of ether oxygens (including phenoxy) is 1. The third kappa shape index (κ3) is 2.72. The smallest absolute Gasteiger partial charge is 0.336 e. The summed E-state index contributed by atoms with van der Waals surface area (Å²) in [4.78, 5) is 25.0. The lowest BCUT2D eigenvalue weighted by Crippen LogP contribution is -2.01. The SMILES string of the molecule is Cc1c(Oc2cc([N+](=O)[O-])ccn2)cccc1C(=O)O. The van der Waals surface area contributed by atoms with Crippen LogP contribution in [0.3, 0.4) is 0 Å². The third-order valence-corrected chi connectivity index (χ3v) is 2.66. The molecule has 0 bridgehead atoms. The van der Waals surface area contributed by atoms with Gasteiger partial charge in [0.15, 0.2) is 0 Å². The first-order chi connectivity index (χ1) is 9.49. The van der Waals surface area contributed by atoms with Crippen LogP contribution in [0.2, 0.25) is 0 Å². The first kappa shape index (κ1) is 13.5. The van der Waals surface area contributed by atoms with E-state index in [4.69, 9.17) is 9.84 Å². The van der Waals surface area contributed by atoms with Crippen LogP contribution in [-0.2, 0) is 0 Å². The zero-order valence-corrected chi connectivity index (χ0v) is 10.4. The quantitative estimate of drug-likeness (QED) is 0.679. The molecule has 7 nitrogen and oxygen atoms in total. The molecule has 1 aromatic heterocycles. The van der Waals surface area contributed by atoms with E-state index in [0.29, 0.717) is 5.56 Å². The van der Waals surface area contributed by atoms with Crippen LogP contribution in [0.4, 0.5) is 5.69 Å². The topological polar surface area (TPSA) is 103 Å². The molecule has 0 atom stereocenters. The molecule has 0 saturated carbocycles. The van der Waals surface area contributed by atoms with Crippen molar-refractivity contribution in [2.45, 2.75) is 6.92 Å². The predicted molar refractivity (Wildman–Crippen MR) is 69.1 cm³/mol. The molecule has 2 rings (SSSR count). The number of aromatic nitrogens is 1. The van der Waals surface area contributed by atoms with E-state index in [1.165, 1.54) is 30.5 Å². The zero-order chi connectivity index (χ0) is 14.7. The van der Waals surface area contributed by atoms with E-state index in [-0.39, 0.29) is 22.9 Å². The molecule has 20 heavy (non-hydrogen) atoms. The summed E-state index contributed by atoms with van der Waals surface area (Å²) in [5, 5.41) is 19.7. The Hall–Kier alpha value is -2.96. The molecule has 0 spiro atoms. The maximum Gasteiger partial charge on any atom is 0.336 e. The van der Waals surface area contributed by atoms with Crippen molar-refractivity contribution >= 4 is 11.7 Å². The van der Waals surface area contributed by atoms with Crippen LogP contribution in [0, 0.1) is 17.0 Å². The van der Waals surface area contributed by atoms with E-state index in [0.717, 1.165) is 0 Å². The molecule has 0 aliphatic rings. The van der Waals surface area contributed by atoms with Crippen LogP contribution >= 0.6 is 0 Å². The van der Waals surface area contributed by atoms with Crippen molar-refractivity contribution in [3.8, 4) is 11.6 Å². The van der Waals surface area contributed by atoms with Gasteiger partial charge in [-0.05, 0) is 19.1 Å². The van der Waals surface area contributed by atoms with Gasteiger partial charge >= 0.3 is 5.97 Å². The van der Waals surface area contributed by atoms with Gasteiger partial charge in [-0.25, -0.2) is 9.78 Å². The van der Waals surface area contributed by atoms with Gasteiger partial charge in [0.05, 0.1) is 16.6 Å². The molecule has 0 fully saturated rings. The van der Waals surface area contributed by atoms with Gasteiger partial charge in [0.2, 0.25) is 5.88 Å². The first-order valence-corrected chi connectivity index (χ1v) is 5.60. The number of carboxylic acid groups (broad SMARTS) is 1. The fraction of sp³-hybridized carbons (Fsp3) is 0.0769. The second kappa shape index (κ2) is 5.35. The van der Waals surface area contributed by atoms with E-state index >= 15 is 0 Å². The second-order valence-corrected chi connectivity index (χ2v) is 3.95. The molecule has 0 amide bonds. The zero-order valence-electron chi connectivity index (χ0n) is 10.4. The van der Waals surface area contributed by atoms with Gasteiger partial charge in [0.25, 0.3) is 5.69 Å². The lowest BCUT2D eigenvalue weighted by Gasteiger charge is -2.09. The standard InChI is InChI=1S/C13H10N2O5/c1-8-10(13(16)17)3-2-4-11(8)20-12-7-9(15(18)19)5-6-14-12/h2-7H,1H3,(H,16,17). The molecule has 1 heterocycles.